The van der Waals surface area contributed by atoms with Gasteiger partial charge in [0.2, 0.25) is 0 Å². The molecule has 4 rings (SSSR count). The molecule has 0 aromatic heterocycles. The molecule has 4 fully saturated rings. The van der Waals surface area contributed by atoms with Gasteiger partial charge in [0.15, 0.2) is 0 Å². The molecule has 3 saturated carbocycles. The molecule has 4 nitrogen and oxygen atoms in total. The molecular weight excluding hydrogens is 422 g/mol. The maximum atomic E-state index is 10.2. The van der Waals surface area contributed by atoms with E-state index in [2.05, 4.69) is 51.3 Å². The highest BCUT2D eigenvalue weighted by Crippen LogP contribution is 2.59. The topological polar surface area (TPSA) is 52.9 Å². The first-order chi connectivity index (χ1) is 16.1. The molecule has 1 heterocycles. The van der Waals surface area contributed by atoms with Crippen LogP contribution in [0.15, 0.2) is 35.5 Å². The number of methoxy groups -OCH3 is 1. The van der Waals surface area contributed by atoms with Crippen molar-refractivity contribution < 1.29 is 14.9 Å². The van der Waals surface area contributed by atoms with Gasteiger partial charge in [-0.3, -0.25) is 4.90 Å². The highest BCUT2D eigenvalue weighted by atomic mass is 16.5. The van der Waals surface area contributed by atoms with Crippen molar-refractivity contribution >= 4 is 0 Å². The van der Waals surface area contributed by atoms with E-state index >= 15 is 0 Å². The van der Waals surface area contributed by atoms with Gasteiger partial charge in [-0.25, -0.2) is 0 Å². The van der Waals surface area contributed by atoms with Gasteiger partial charge in [-0.1, -0.05) is 43.7 Å². The monoisotopic (exact) mass is 471 g/mol. The van der Waals surface area contributed by atoms with E-state index < -0.39 is 12.2 Å². The minimum absolute atomic E-state index is 0.0841. The van der Waals surface area contributed by atoms with Crippen molar-refractivity contribution in [2.24, 2.45) is 23.2 Å². The second-order valence-corrected chi connectivity index (χ2v) is 12.6. The summed E-state index contributed by atoms with van der Waals surface area (Å²) in [6.45, 7) is 15.8. The summed E-state index contributed by atoms with van der Waals surface area (Å²) in [6.07, 6.45) is 13.5. The van der Waals surface area contributed by atoms with Crippen LogP contribution >= 0.6 is 0 Å². The third kappa shape index (κ3) is 4.98. The molecule has 1 unspecified atom stereocenters. The Morgan fingerprint density at radius 1 is 1.15 bits per heavy atom. The fourth-order valence-corrected chi connectivity index (χ4v) is 8.10. The van der Waals surface area contributed by atoms with Crippen LogP contribution in [0.5, 0.6) is 0 Å². The van der Waals surface area contributed by atoms with Gasteiger partial charge in [0, 0.05) is 19.7 Å². The Kier molecular flexibility index (Phi) is 7.84. The van der Waals surface area contributed by atoms with E-state index in [1.54, 1.807) is 5.57 Å². The zero-order valence-electron chi connectivity index (χ0n) is 22.4. The van der Waals surface area contributed by atoms with Crippen molar-refractivity contribution in [2.45, 2.75) is 109 Å². The number of hydrogen-bond donors (Lipinski definition) is 2. The molecule has 0 radical (unpaired) electrons. The molecule has 192 valence electrons. The van der Waals surface area contributed by atoms with Crippen molar-refractivity contribution in [3.05, 3.63) is 35.5 Å². The summed E-state index contributed by atoms with van der Waals surface area (Å²) in [5.74, 6) is 2.13. The van der Waals surface area contributed by atoms with E-state index in [-0.39, 0.29) is 5.60 Å². The van der Waals surface area contributed by atoms with Gasteiger partial charge < -0.3 is 14.9 Å². The number of hydrogen-bond acceptors (Lipinski definition) is 4. The molecule has 0 aromatic carbocycles. The van der Waals surface area contributed by atoms with Crippen molar-refractivity contribution in [1.82, 2.24) is 4.90 Å². The normalized spacial score (nSPS) is 39.5. The van der Waals surface area contributed by atoms with Crippen LogP contribution in [0.3, 0.4) is 0 Å². The van der Waals surface area contributed by atoms with Crippen molar-refractivity contribution in [3.63, 3.8) is 0 Å². The van der Waals surface area contributed by atoms with E-state index in [0.29, 0.717) is 41.7 Å². The summed E-state index contributed by atoms with van der Waals surface area (Å²) < 4.78 is 5.88. The van der Waals surface area contributed by atoms with Crippen LogP contribution in [-0.2, 0) is 4.74 Å². The molecule has 7 atom stereocenters. The van der Waals surface area contributed by atoms with Crippen LogP contribution in [-0.4, -0.2) is 59.2 Å². The van der Waals surface area contributed by atoms with Crippen LogP contribution in [0.4, 0.5) is 0 Å². The molecule has 4 heteroatoms. The Bertz CT molecular complexity index is 798. The lowest BCUT2D eigenvalue weighted by Gasteiger charge is -2.46. The molecule has 0 spiro atoms. The second-order valence-electron chi connectivity index (χ2n) is 12.6. The molecule has 0 bridgehead atoms. The minimum atomic E-state index is -0.612. The smallest absolute Gasteiger partial charge is 0.0809 e. The summed E-state index contributed by atoms with van der Waals surface area (Å²) in [7, 11) is 1.86. The summed E-state index contributed by atoms with van der Waals surface area (Å²) in [5.41, 5.74) is 3.62. The Hall–Kier alpha value is -0.940. The minimum Gasteiger partial charge on any atom is -0.388 e. The van der Waals surface area contributed by atoms with Gasteiger partial charge >= 0.3 is 0 Å². The average molecular weight is 472 g/mol. The third-order valence-corrected chi connectivity index (χ3v) is 10.2. The Morgan fingerprint density at radius 3 is 2.53 bits per heavy atom. The Labute approximate surface area is 208 Å². The summed E-state index contributed by atoms with van der Waals surface area (Å²) in [5, 5.41) is 20.4. The number of allylic oxidation sites excluding steroid dienone is 3. The molecule has 0 amide bonds. The summed E-state index contributed by atoms with van der Waals surface area (Å²) in [4.78, 5) is 2.72. The maximum absolute atomic E-state index is 10.2. The predicted molar refractivity (Wildman–Crippen MR) is 140 cm³/mol. The van der Waals surface area contributed by atoms with Crippen LogP contribution in [0.1, 0.15) is 85.5 Å². The number of fused-ring (bicyclic) bond motifs is 1. The molecule has 4 aliphatic rings. The van der Waals surface area contributed by atoms with Gasteiger partial charge in [0.25, 0.3) is 0 Å². The van der Waals surface area contributed by atoms with E-state index in [9.17, 15) is 10.2 Å². The van der Waals surface area contributed by atoms with Crippen LogP contribution in [0.2, 0.25) is 0 Å². The highest BCUT2D eigenvalue weighted by molar-refractivity contribution is 5.29. The van der Waals surface area contributed by atoms with Crippen LogP contribution < -0.4 is 0 Å². The highest BCUT2D eigenvalue weighted by Gasteiger charge is 2.51. The van der Waals surface area contributed by atoms with Gasteiger partial charge in [0.05, 0.1) is 17.8 Å². The zero-order chi connectivity index (χ0) is 24.7. The predicted octanol–water partition coefficient (Wildman–Crippen LogP) is 5.65. The van der Waals surface area contributed by atoms with E-state index in [0.717, 1.165) is 11.5 Å². The number of likely N-dealkylation sites (tertiary alicyclic amines) is 1. The lowest BCUT2D eigenvalue weighted by molar-refractivity contribution is -0.0469. The molecule has 0 aromatic rings. The SMILES string of the molecule is C=C1[C@H](O)CC(=C/C=C2\CCC[C@]3(C)[C@@H](C(C)CN4CCC[C@H]4C(C)(C)OC)CC[C@@H]23)C[C@H]1O. The molecule has 1 saturated heterocycles. The zero-order valence-corrected chi connectivity index (χ0v) is 22.4. The second kappa shape index (κ2) is 10.2. The Balaban J connectivity index is 1.45. The van der Waals surface area contributed by atoms with Crippen molar-refractivity contribution in [3.8, 4) is 0 Å². The lowest BCUT2D eigenvalue weighted by atomic mass is 9.61. The molecule has 2 N–H and O–H groups in total. The van der Waals surface area contributed by atoms with E-state index in [1.807, 2.05) is 7.11 Å². The molecular formula is C30H49NO3. The fourth-order valence-electron chi connectivity index (χ4n) is 8.10. The number of aliphatic hydroxyl groups is 2. The average Bonchev–Trinajstić information content (AvgIpc) is 3.40. The fraction of sp³-hybridized carbons (Fsp3) is 0.800. The standard InChI is InChI=1S/C30H49NO3/c1-20(19-31-16-8-10-28(31)29(3,4)34-6)24-13-14-25-23(9-7-15-30(24,25)5)12-11-22-17-26(32)21(2)27(33)18-22/h11-12,20,24-28,32-33H,2,7-10,13-19H2,1,3-6H3/b23-12+/t20?,24-,25+,26-,27-,28+,30-/m1/s1. The lowest BCUT2D eigenvalue weighted by Crippen LogP contribution is -2.49. The third-order valence-electron chi connectivity index (χ3n) is 10.2. The first kappa shape index (κ1) is 26.1. The molecule has 1 aliphatic heterocycles. The number of ether oxygens (including phenoxy) is 1. The number of nitrogens with zero attached hydrogens (tertiary/aromatic N) is 1. The Morgan fingerprint density at radius 2 is 1.85 bits per heavy atom. The first-order valence-corrected chi connectivity index (χ1v) is 13.8. The van der Waals surface area contributed by atoms with Gasteiger partial charge in [-0.05, 0) is 107 Å². The number of rotatable bonds is 6. The van der Waals surface area contributed by atoms with Gasteiger partial charge in [0.1, 0.15) is 0 Å². The van der Waals surface area contributed by atoms with Crippen LogP contribution in [0, 0.1) is 23.2 Å². The van der Waals surface area contributed by atoms with Gasteiger partial charge in [-0.2, -0.15) is 0 Å². The number of aliphatic hydroxyl groups excluding tert-OH is 2. The summed E-state index contributed by atoms with van der Waals surface area (Å²) in [6, 6.07) is 0.524. The van der Waals surface area contributed by atoms with Gasteiger partial charge in [-0.15, -0.1) is 0 Å². The summed E-state index contributed by atoms with van der Waals surface area (Å²) >= 11 is 0. The van der Waals surface area contributed by atoms with Crippen molar-refractivity contribution in [1.29, 1.82) is 0 Å². The first-order valence-electron chi connectivity index (χ1n) is 13.8. The largest absolute Gasteiger partial charge is 0.388 e. The molecule has 34 heavy (non-hydrogen) atoms. The van der Waals surface area contributed by atoms with Crippen molar-refractivity contribution in [2.75, 3.05) is 20.2 Å². The van der Waals surface area contributed by atoms with E-state index in [1.165, 1.54) is 58.0 Å². The maximum Gasteiger partial charge on any atom is 0.0809 e. The van der Waals surface area contributed by atoms with Crippen LogP contribution in [0.25, 0.3) is 0 Å². The van der Waals surface area contributed by atoms with E-state index in [4.69, 9.17) is 4.74 Å². The molecule has 3 aliphatic carbocycles. The quantitative estimate of drug-likeness (QED) is 0.491.